The Bertz CT molecular complexity index is 827. The van der Waals surface area contributed by atoms with Gasteiger partial charge in [0.1, 0.15) is 0 Å². The Morgan fingerprint density at radius 3 is 2.56 bits per heavy atom. The quantitative estimate of drug-likeness (QED) is 0.875. The summed E-state index contributed by atoms with van der Waals surface area (Å²) in [6.45, 7) is 2.01. The molecule has 2 aromatic carbocycles. The van der Waals surface area contributed by atoms with Gasteiger partial charge in [-0.3, -0.25) is 9.59 Å². The predicted molar refractivity (Wildman–Crippen MR) is 96.3 cm³/mol. The van der Waals surface area contributed by atoms with E-state index in [0.29, 0.717) is 6.54 Å². The second-order valence-electron chi connectivity index (χ2n) is 7.52. The molecule has 0 aromatic heterocycles. The lowest BCUT2D eigenvalue weighted by Gasteiger charge is -2.24. The molecule has 2 aliphatic rings. The minimum absolute atomic E-state index is 0.0164. The number of nitrogens with zero attached hydrogens (tertiary/aromatic N) is 1. The maximum absolute atomic E-state index is 12.9. The largest absolute Gasteiger partial charge is 0.481 e. The summed E-state index contributed by atoms with van der Waals surface area (Å²) in [5.74, 6) is -0.905. The lowest BCUT2D eigenvalue weighted by molar-refractivity contribution is -0.143. The SMILES string of the molecule is CC(CN(C(=O)C1CC1c1ccc2ccccc2c1)C1CC1)C(=O)O. The van der Waals surface area contributed by atoms with Crippen LogP contribution in [0.1, 0.15) is 37.7 Å². The summed E-state index contributed by atoms with van der Waals surface area (Å²) in [6.07, 6.45) is 2.89. The lowest BCUT2D eigenvalue weighted by atomic mass is 10.0. The van der Waals surface area contributed by atoms with Crippen LogP contribution < -0.4 is 0 Å². The second kappa shape index (κ2) is 6.17. The molecule has 0 spiro atoms. The molecular formula is C21H23NO3. The number of carboxylic acid groups (broad SMARTS) is 1. The van der Waals surface area contributed by atoms with Gasteiger partial charge in [-0.25, -0.2) is 0 Å². The highest BCUT2D eigenvalue weighted by Gasteiger charge is 2.48. The van der Waals surface area contributed by atoms with E-state index in [2.05, 4.69) is 30.3 Å². The van der Waals surface area contributed by atoms with Gasteiger partial charge >= 0.3 is 5.97 Å². The lowest BCUT2D eigenvalue weighted by Crippen LogP contribution is -2.39. The van der Waals surface area contributed by atoms with Crippen molar-refractivity contribution in [1.82, 2.24) is 4.90 Å². The Morgan fingerprint density at radius 1 is 1.16 bits per heavy atom. The normalized spacial score (nSPS) is 23.2. The molecule has 2 aliphatic carbocycles. The van der Waals surface area contributed by atoms with Gasteiger partial charge in [0, 0.05) is 18.5 Å². The van der Waals surface area contributed by atoms with Crippen molar-refractivity contribution < 1.29 is 14.7 Å². The van der Waals surface area contributed by atoms with Gasteiger partial charge in [-0.05, 0) is 41.5 Å². The number of amides is 1. The number of hydrogen-bond acceptors (Lipinski definition) is 2. The summed E-state index contributed by atoms with van der Waals surface area (Å²) >= 11 is 0. The zero-order chi connectivity index (χ0) is 17.6. The number of fused-ring (bicyclic) bond motifs is 1. The van der Waals surface area contributed by atoms with Crippen LogP contribution in [0.15, 0.2) is 42.5 Å². The molecule has 4 nitrogen and oxygen atoms in total. The van der Waals surface area contributed by atoms with Crippen LogP contribution in [0.2, 0.25) is 0 Å². The molecule has 0 bridgehead atoms. The van der Waals surface area contributed by atoms with Crippen molar-refractivity contribution in [3.8, 4) is 0 Å². The summed E-state index contributed by atoms with van der Waals surface area (Å²) in [5, 5.41) is 11.6. The Kier molecular flexibility index (Phi) is 3.98. The number of rotatable bonds is 6. The summed E-state index contributed by atoms with van der Waals surface area (Å²) in [4.78, 5) is 25.9. The molecule has 25 heavy (non-hydrogen) atoms. The Labute approximate surface area is 147 Å². The van der Waals surface area contributed by atoms with E-state index in [0.717, 1.165) is 19.3 Å². The molecule has 0 heterocycles. The van der Waals surface area contributed by atoms with Crippen molar-refractivity contribution in [1.29, 1.82) is 0 Å². The summed E-state index contributed by atoms with van der Waals surface area (Å²) < 4.78 is 0. The predicted octanol–water partition coefficient (Wildman–Crippen LogP) is 3.66. The molecule has 0 aliphatic heterocycles. The fourth-order valence-corrected chi connectivity index (χ4v) is 3.67. The van der Waals surface area contributed by atoms with Crippen LogP contribution in [0, 0.1) is 11.8 Å². The second-order valence-corrected chi connectivity index (χ2v) is 7.52. The van der Waals surface area contributed by atoms with Gasteiger partial charge in [-0.1, -0.05) is 49.4 Å². The highest BCUT2D eigenvalue weighted by Crippen LogP contribution is 2.50. The van der Waals surface area contributed by atoms with Gasteiger partial charge in [-0.2, -0.15) is 0 Å². The highest BCUT2D eigenvalue weighted by molar-refractivity contribution is 5.86. The molecule has 130 valence electrons. The van der Waals surface area contributed by atoms with Crippen molar-refractivity contribution in [2.45, 2.75) is 38.1 Å². The summed E-state index contributed by atoms with van der Waals surface area (Å²) in [5.41, 5.74) is 1.22. The maximum Gasteiger partial charge on any atom is 0.308 e. The van der Waals surface area contributed by atoms with Gasteiger partial charge in [0.25, 0.3) is 0 Å². The number of hydrogen-bond donors (Lipinski definition) is 1. The smallest absolute Gasteiger partial charge is 0.308 e. The summed E-state index contributed by atoms with van der Waals surface area (Å²) in [7, 11) is 0. The van der Waals surface area contributed by atoms with Crippen LogP contribution >= 0.6 is 0 Å². The number of carbonyl (C=O) groups excluding carboxylic acids is 1. The third-order valence-electron chi connectivity index (χ3n) is 5.47. The van der Waals surface area contributed by atoms with Crippen LogP contribution in [-0.4, -0.2) is 34.5 Å². The Hall–Kier alpha value is -2.36. The fourth-order valence-electron chi connectivity index (χ4n) is 3.67. The molecule has 1 N–H and O–H groups in total. The van der Waals surface area contributed by atoms with E-state index in [1.165, 1.54) is 16.3 Å². The van der Waals surface area contributed by atoms with Crippen molar-refractivity contribution in [3.63, 3.8) is 0 Å². The van der Waals surface area contributed by atoms with E-state index >= 15 is 0 Å². The topological polar surface area (TPSA) is 57.6 Å². The Morgan fingerprint density at radius 2 is 1.88 bits per heavy atom. The first-order chi connectivity index (χ1) is 12.0. The summed E-state index contributed by atoms with van der Waals surface area (Å²) in [6, 6.07) is 14.9. The minimum atomic E-state index is -0.833. The average molecular weight is 337 g/mol. The van der Waals surface area contributed by atoms with Crippen molar-refractivity contribution >= 4 is 22.6 Å². The van der Waals surface area contributed by atoms with E-state index in [4.69, 9.17) is 5.11 Å². The zero-order valence-electron chi connectivity index (χ0n) is 14.4. The standard InChI is InChI=1S/C21H23NO3/c1-13(21(24)25)12-22(17-8-9-17)20(23)19-11-18(19)16-7-6-14-4-2-3-5-15(14)10-16/h2-7,10,13,17-19H,8-9,11-12H2,1H3,(H,24,25). The molecule has 2 saturated carbocycles. The van der Waals surface area contributed by atoms with Crippen molar-refractivity contribution in [3.05, 3.63) is 48.0 Å². The molecular weight excluding hydrogens is 314 g/mol. The molecule has 3 unspecified atom stereocenters. The van der Waals surface area contributed by atoms with E-state index in [1.54, 1.807) is 6.92 Å². The molecule has 3 atom stereocenters. The third-order valence-corrected chi connectivity index (χ3v) is 5.47. The first kappa shape index (κ1) is 16.1. The van der Waals surface area contributed by atoms with Crippen LogP contribution in [0.5, 0.6) is 0 Å². The number of carbonyl (C=O) groups is 2. The van der Waals surface area contributed by atoms with Gasteiger partial charge in [0.05, 0.1) is 5.92 Å². The zero-order valence-corrected chi connectivity index (χ0v) is 14.4. The minimum Gasteiger partial charge on any atom is -0.481 e. The van der Waals surface area contributed by atoms with Gasteiger partial charge < -0.3 is 10.0 Å². The molecule has 2 fully saturated rings. The first-order valence-corrected chi connectivity index (χ1v) is 9.06. The van der Waals surface area contributed by atoms with Crippen molar-refractivity contribution in [2.75, 3.05) is 6.54 Å². The molecule has 1 amide bonds. The van der Waals surface area contributed by atoms with Gasteiger partial charge in [0.2, 0.25) is 5.91 Å². The molecule has 4 rings (SSSR count). The molecule has 2 aromatic rings. The van der Waals surface area contributed by atoms with Crippen LogP contribution in [0.25, 0.3) is 10.8 Å². The maximum atomic E-state index is 12.9. The fraction of sp³-hybridized carbons (Fsp3) is 0.429. The Balaban J connectivity index is 1.48. The average Bonchev–Trinajstić information content (AvgIpc) is 3.51. The molecule has 0 saturated heterocycles. The first-order valence-electron chi connectivity index (χ1n) is 9.06. The number of aliphatic carboxylic acids is 1. The number of benzene rings is 2. The highest BCUT2D eigenvalue weighted by atomic mass is 16.4. The molecule has 4 heteroatoms. The van der Waals surface area contributed by atoms with E-state index in [1.807, 2.05) is 17.0 Å². The van der Waals surface area contributed by atoms with Gasteiger partial charge in [-0.15, -0.1) is 0 Å². The van der Waals surface area contributed by atoms with E-state index in [9.17, 15) is 9.59 Å². The van der Waals surface area contributed by atoms with Crippen LogP contribution in [-0.2, 0) is 9.59 Å². The van der Waals surface area contributed by atoms with Crippen LogP contribution in [0.3, 0.4) is 0 Å². The molecule has 0 radical (unpaired) electrons. The third kappa shape index (κ3) is 3.26. The van der Waals surface area contributed by atoms with Crippen LogP contribution in [0.4, 0.5) is 0 Å². The van der Waals surface area contributed by atoms with Crippen molar-refractivity contribution in [2.24, 2.45) is 11.8 Å². The van der Waals surface area contributed by atoms with E-state index in [-0.39, 0.29) is 23.8 Å². The monoisotopic (exact) mass is 337 g/mol. The van der Waals surface area contributed by atoms with Gasteiger partial charge in [0.15, 0.2) is 0 Å². The van der Waals surface area contributed by atoms with E-state index < -0.39 is 11.9 Å². The number of carboxylic acids is 1.